The molecule has 2 aromatic carbocycles. The van der Waals surface area contributed by atoms with Gasteiger partial charge in [-0.05, 0) is 68.3 Å². The summed E-state index contributed by atoms with van der Waals surface area (Å²) >= 11 is 15.6. The Morgan fingerprint density at radius 3 is 2.30 bits per heavy atom. The summed E-state index contributed by atoms with van der Waals surface area (Å²) in [6, 6.07) is 9.75. The van der Waals surface area contributed by atoms with Gasteiger partial charge in [0, 0.05) is 13.4 Å². The van der Waals surface area contributed by atoms with Gasteiger partial charge in [-0.1, -0.05) is 27.5 Å². The molecule has 3 nitrogen and oxygen atoms in total. The van der Waals surface area contributed by atoms with Crippen LogP contribution in [0.25, 0.3) is 0 Å². The van der Waals surface area contributed by atoms with Gasteiger partial charge < -0.3 is 0 Å². The van der Waals surface area contributed by atoms with Crippen molar-refractivity contribution in [1.29, 1.82) is 0 Å². The standard InChI is InChI=1S/C12H7Br3ClNO2S/c13-7-1-3-9(14)12(5-7)20(18,19)17-8-2-4-11(16)10(15)6-8/h1-6,17H. The SMILES string of the molecule is O=S(=O)(Nc1ccc(Cl)c(Br)c1)c1cc(Br)ccc1Br. The topological polar surface area (TPSA) is 46.2 Å². The van der Waals surface area contributed by atoms with Crippen LogP contribution in [0.3, 0.4) is 0 Å². The van der Waals surface area contributed by atoms with Gasteiger partial charge in [0.1, 0.15) is 4.90 Å². The van der Waals surface area contributed by atoms with Gasteiger partial charge >= 0.3 is 0 Å². The van der Waals surface area contributed by atoms with Crippen molar-refractivity contribution in [3.05, 3.63) is 54.8 Å². The van der Waals surface area contributed by atoms with Crippen molar-refractivity contribution in [2.75, 3.05) is 4.72 Å². The third-order valence-corrected chi connectivity index (χ3v) is 6.44. The zero-order valence-electron chi connectivity index (χ0n) is 9.70. The maximum Gasteiger partial charge on any atom is 0.263 e. The minimum absolute atomic E-state index is 0.151. The molecule has 0 spiro atoms. The summed E-state index contributed by atoms with van der Waals surface area (Å²) in [4.78, 5) is 0.151. The second-order valence-corrected chi connectivity index (χ2v) is 8.49. The van der Waals surface area contributed by atoms with Gasteiger partial charge in [0.2, 0.25) is 0 Å². The molecule has 0 aliphatic rings. The molecule has 0 aliphatic heterocycles. The minimum Gasteiger partial charge on any atom is -0.280 e. The molecule has 0 atom stereocenters. The van der Waals surface area contributed by atoms with Crippen molar-refractivity contribution in [1.82, 2.24) is 0 Å². The molecular weight excluding hydrogens is 497 g/mol. The van der Waals surface area contributed by atoms with E-state index in [9.17, 15) is 8.42 Å². The lowest BCUT2D eigenvalue weighted by Crippen LogP contribution is -2.13. The molecule has 0 aliphatic carbocycles. The van der Waals surface area contributed by atoms with Crippen LogP contribution in [0.5, 0.6) is 0 Å². The molecule has 0 aromatic heterocycles. The van der Waals surface area contributed by atoms with Crippen molar-refractivity contribution in [3.8, 4) is 0 Å². The van der Waals surface area contributed by atoms with Crippen LogP contribution in [-0.4, -0.2) is 8.42 Å². The first-order valence-electron chi connectivity index (χ1n) is 5.22. The van der Waals surface area contributed by atoms with Crippen molar-refractivity contribution in [2.24, 2.45) is 0 Å². The second-order valence-electron chi connectivity index (χ2n) is 3.81. The fourth-order valence-corrected chi connectivity index (χ4v) is 4.50. The third kappa shape index (κ3) is 3.76. The predicted molar refractivity (Wildman–Crippen MR) is 91.8 cm³/mol. The Bertz CT molecular complexity index is 765. The van der Waals surface area contributed by atoms with Crippen molar-refractivity contribution >= 4 is 75.1 Å². The molecule has 0 radical (unpaired) electrons. The Hall–Kier alpha value is -0.0800. The zero-order chi connectivity index (χ0) is 14.9. The Labute approximate surface area is 147 Å². The van der Waals surface area contributed by atoms with E-state index in [2.05, 4.69) is 52.5 Å². The summed E-state index contributed by atoms with van der Waals surface area (Å²) in [5.41, 5.74) is 0.424. The summed E-state index contributed by atoms with van der Waals surface area (Å²) < 4.78 is 29.0. The highest BCUT2D eigenvalue weighted by molar-refractivity contribution is 9.11. The molecule has 0 heterocycles. The first-order chi connectivity index (χ1) is 9.29. The van der Waals surface area contributed by atoms with E-state index in [4.69, 9.17) is 11.6 Å². The normalized spacial score (nSPS) is 11.4. The summed E-state index contributed by atoms with van der Waals surface area (Å²) in [7, 11) is -3.69. The van der Waals surface area contributed by atoms with Gasteiger partial charge in [-0.25, -0.2) is 8.42 Å². The molecule has 20 heavy (non-hydrogen) atoms. The predicted octanol–water partition coefficient (Wildman–Crippen LogP) is 5.43. The lowest BCUT2D eigenvalue weighted by molar-refractivity contribution is 0.600. The van der Waals surface area contributed by atoms with E-state index < -0.39 is 10.0 Å². The summed E-state index contributed by atoms with van der Waals surface area (Å²) in [5, 5.41) is 0.511. The Morgan fingerprint density at radius 2 is 1.65 bits per heavy atom. The highest BCUT2D eigenvalue weighted by Crippen LogP contribution is 2.30. The van der Waals surface area contributed by atoms with Gasteiger partial charge in [0.05, 0.1) is 10.7 Å². The fraction of sp³-hybridized carbons (Fsp3) is 0. The summed E-state index contributed by atoms with van der Waals surface area (Å²) in [5.74, 6) is 0. The van der Waals surface area contributed by atoms with Gasteiger partial charge in [0.15, 0.2) is 0 Å². The number of anilines is 1. The van der Waals surface area contributed by atoms with E-state index in [0.29, 0.717) is 24.1 Å². The molecule has 0 saturated carbocycles. The van der Waals surface area contributed by atoms with E-state index in [1.54, 1.807) is 30.3 Å². The largest absolute Gasteiger partial charge is 0.280 e. The van der Waals surface area contributed by atoms with Gasteiger partial charge in [-0.2, -0.15) is 0 Å². The average Bonchev–Trinajstić information content (AvgIpc) is 2.36. The number of rotatable bonds is 3. The molecule has 106 valence electrons. The Kier molecular flexibility index (Phi) is 5.18. The van der Waals surface area contributed by atoms with E-state index >= 15 is 0 Å². The molecule has 0 amide bonds. The second kappa shape index (κ2) is 6.36. The smallest absolute Gasteiger partial charge is 0.263 e. The van der Waals surface area contributed by atoms with E-state index in [-0.39, 0.29) is 4.90 Å². The molecule has 0 unspecified atom stereocenters. The highest BCUT2D eigenvalue weighted by Gasteiger charge is 2.18. The van der Waals surface area contributed by atoms with Crippen LogP contribution in [0.1, 0.15) is 0 Å². The van der Waals surface area contributed by atoms with Crippen LogP contribution in [-0.2, 0) is 10.0 Å². The lowest BCUT2D eigenvalue weighted by Gasteiger charge is -2.10. The summed E-state index contributed by atoms with van der Waals surface area (Å²) in [6.07, 6.45) is 0. The Morgan fingerprint density at radius 1 is 0.950 bits per heavy atom. The fourth-order valence-electron chi connectivity index (χ4n) is 1.45. The number of sulfonamides is 1. The minimum atomic E-state index is -3.69. The summed E-state index contributed by atoms with van der Waals surface area (Å²) in [6.45, 7) is 0. The van der Waals surface area contributed by atoms with Crippen LogP contribution < -0.4 is 4.72 Å². The maximum absolute atomic E-state index is 12.4. The van der Waals surface area contributed by atoms with Gasteiger partial charge in [-0.3, -0.25) is 4.72 Å². The molecule has 8 heteroatoms. The van der Waals surface area contributed by atoms with Gasteiger partial charge in [0.25, 0.3) is 10.0 Å². The van der Waals surface area contributed by atoms with Crippen LogP contribution in [0.4, 0.5) is 5.69 Å². The zero-order valence-corrected chi connectivity index (χ0v) is 16.0. The number of hydrogen-bond acceptors (Lipinski definition) is 2. The van der Waals surface area contributed by atoms with Crippen LogP contribution in [0.15, 0.2) is 54.7 Å². The first kappa shape index (κ1) is 16.3. The van der Waals surface area contributed by atoms with Crippen LogP contribution >= 0.6 is 59.4 Å². The molecule has 0 fully saturated rings. The first-order valence-corrected chi connectivity index (χ1v) is 9.46. The molecule has 2 rings (SSSR count). The molecule has 2 aromatic rings. The van der Waals surface area contributed by atoms with Crippen molar-refractivity contribution in [2.45, 2.75) is 4.90 Å². The van der Waals surface area contributed by atoms with E-state index in [1.807, 2.05) is 0 Å². The quantitative estimate of drug-likeness (QED) is 0.606. The molecular formula is C12H7Br3ClNO2S. The number of nitrogens with one attached hydrogen (secondary N) is 1. The monoisotopic (exact) mass is 501 g/mol. The number of hydrogen-bond donors (Lipinski definition) is 1. The third-order valence-electron chi connectivity index (χ3n) is 2.35. The lowest BCUT2D eigenvalue weighted by atomic mass is 10.3. The number of halogens is 4. The number of benzene rings is 2. The van der Waals surface area contributed by atoms with E-state index in [0.717, 1.165) is 0 Å². The van der Waals surface area contributed by atoms with Crippen LogP contribution in [0.2, 0.25) is 5.02 Å². The molecule has 1 N–H and O–H groups in total. The molecule has 0 saturated heterocycles. The van der Waals surface area contributed by atoms with Crippen LogP contribution in [0, 0.1) is 0 Å². The van der Waals surface area contributed by atoms with Gasteiger partial charge in [-0.15, -0.1) is 0 Å². The van der Waals surface area contributed by atoms with Crippen molar-refractivity contribution < 1.29 is 8.42 Å². The highest BCUT2D eigenvalue weighted by atomic mass is 79.9. The maximum atomic E-state index is 12.4. The van der Waals surface area contributed by atoms with Crippen molar-refractivity contribution in [3.63, 3.8) is 0 Å². The van der Waals surface area contributed by atoms with E-state index in [1.165, 1.54) is 6.07 Å². The molecule has 0 bridgehead atoms. The Balaban J connectivity index is 2.40. The average molecular weight is 504 g/mol.